The van der Waals surface area contributed by atoms with Gasteiger partial charge in [0, 0.05) is 22.3 Å². The zero-order valence-corrected chi connectivity index (χ0v) is 9.63. The van der Waals surface area contributed by atoms with Crippen LogP contribution in [0.5, 0.6) is 0 Å². The molecule has 2 N–H and O–H groups in total. The third-order valence-corrected chi connectivity index (χ3v) is 3.66. The molecule has 0 fully saturated rings. The zero-order chi connectivity index (χ0) is 10.7. The van der Waals surface area contributed by atoms with Gasteiger partial charge in [0.05, 0.1) is 0 Å². The fourth-order valence-corrected chi connectivity index (χ4v) is 2.73. The Balaban J connectivity index is 2.48. The molecule has 0 radical (unpaired) electrons. The van der Waals surface area contributed by atoms with Crippen LogP contribution in [0.1, 0.15) is 18.4 Å². The number of thioether (sulfide) groups is 1. The first-order valence-electron chi connectivity index (χ1n) is 5.13. The molecule has 2 rings (SSSR count). The minimum Gasteiger partial charge on any atom is -0.398 e. The van der Waals surface area contributed by atoms with Crippen LogP contribution < -0.4 is 5.73 Å². The van der Waals surface area contributed by atoms with E-state index in [0.29, 0.717) is 5.92 Å². The highest BCUT2D eigenvalue weighted by Gasteiger charge is 2.11. The summed E-state index contributed by atoms with van der Waals surface area (Å²) in [4.78, 5) is 1.24. The Kier molecular flexibility index (Phi) is 3.17. The van der Waals surface area contributed by atoms with E-state index in [9.17, 15) is 0 Å². The van der Waals surface area contributed by atoms with E-state index >= 15 is 0 Å². The lowest BCUT2D eigenvalue weighted by molar-refractivity contribution is 0.937. The first-order chi connectivity index (χ1) is 7.29. The van der Waals surface area contributed by atoms with Crippen molar-refractivity contribution in [3.8, 4) is 0 Å². The lowest BCUT2D eigenvalue weighted by Crippen LogP contribution is -1.97. The van der Waals surface area contributed by atoms with E-state index in [-0.39, 0.29) is 0 Å². The quantitative estimate of drug-likeness (QED) is 0.672. The Morgan fingerprint density at radius 3 is 3.07 bits per heavy atom. The lowest BCUT2D eigenvalue weighted by atomic mass is 10.00. The summed E-state index contributed by atoms with van der Waals surface area (Å²) in [5.74, 6) is 1.41. The molecule has 0 aliphatic carbocycles. The predicted octanol–water partition coefficient (Wildman–Crippen LogP) is 3.59. The van der Waals surface area contributed by atoms with Gasteiger partial charge in [-0.25, -0.2) is 0 Å². The van der Waals surface area contributed by atoms with Crippen molar-refractivity contribution < 1.29 is 0 Å². The van der Waals surface area contributed by atoms with Crippen LogP contribution in [0.2, 0.25) is 0 Å². The Morgan fingerprint density at radius 1 is 1.33 bits per heavy atom. The molecule has 0 bridgehead atoms. The molecule has 15 heavy (non-hydrogen) atoms. The van der Waals surface area contributed by atoms with Crippen molar-refractivity contribution in [1.29, 1.82) is 0 Å². The van der Waals surface area contributed by atoms with E-state index < -0.39 is 0 Å². The van der Waals surface area contributed by atoms with Crippen molar-refractivity contribution in [2.75, 3.05) is 11.5 Å². The maximum atomic E-state index is 6.01. The molecule has 1 heterocycles. The second-order valence-corrected chi connectivity index (χ2v) is 4.71. The van der Waals surface area contributed by atoms with Crippen LogP contribution in [0.15, 0.2) is 47.4 Å². The number of anilines is 1. The minimum absolute atomic E-state index is 0.429. The van der Waals surface area contributed by atoms with Gasteiger partial charge in [0.15, 0.2) is 0 Å². The number of fused-ring (bicyclic) bond motifs is 1. The third-order valence-electron chi connectivity index (χ3n) is 2.54. The molecule has 1 aromatic rings. The third kappa shape index (κ3) is 2.26. The fourth-order valence-electron chi connectivity index (χ4n) is 1.70. The number of allylic oxidation sites excluding steroid dienone is 3. The first kappa shape index (κ1) is 10.4. The van der Waals surface area contributed by atoms with Gasteiger partial charge in [0.25, 0.3) is 0 Å². The summed E-state index contributed by atoms with van der Waals surface area (Å²) in [5, 5.41) is 0. The highest BCUT2D eigenvalue weighted by atomic mass is 32.2. The molecule has 1 aliphatic rings. The molecular formula is C13H15NS. The van der Waals surface area contributed by atoms with Crippen molar-refractivity contribution >= 4 is 17.4 Å². The van der Waals surface area contributed by atoms with Gasteiger partial charge in [-0.05, 0) is 11.6 Å². The average Bonchev–Trinajstić information content (AvgIpc) is 2.32. The first-order valence-corrected chi connectivity index (χ1v) is 6.12. The Morgan fingerprint density at radius 2 is 2.20 bits per heavy atom. The molecule has 78 valence electrons. The maximum Gasteiger partial charge on any atom is 0.0455 e. The van der Waals surface area contributed by atoms with Gasteiger partial charge in [0.1, 0.15) is 0 Å². The van der Waals surface area contributed by atoms with Crippen molar-refractivity contribution in [3.05, 3.63) is 48.1 Å². The number of nitrogen functional groups attached to an aromatic ring is 1. The molecule has 1 aromatic carbocycles. The SMILES string of the molecule is CC1/C=C\C=C/CSc2c(N)cccc21. The second kappa shape index (κ2) is 4.58. The fraction of sp³-hybridized carbons (Fsp3) is 0.231. The molecule has 0 spiro atoms. The molecule has 0 amide bonds. The number of nitrogens with two attached hydrogens (primary N) is 1. The number of hydrogen-bond acceptors (Lipinski definition) is 2. The monoisotopic (exact) mass is 217 g/mol. The maximum absolute atomic E-state index is 6.01. The molecule has 1 atom stereocenters. The highest BCUT2D eigenvalue weighted by molar-refractivity contribution is 7.99. The average molecular weight is 217 g/mol. The molecular weight excluding hydrogens is 202 g/mol. The topological polar surface area (TPSA) is 26.0 Å². The van der Waals surface area contributed by atoms with Crippen LogP contribution in [-0.4, -0.2) is 5.75 Å². The lowest BCUT2D eigenvalue weighted by Gasteiger charge is -2.14. The largest absolute Gasteiger partial charge is 0.398 e. The van der Waals surface area contributed by atoms with Gasteiger partial charge in [-0.3, -0.25) is 0 Å². The molecule has 0 saturated carbocycles. The second-order valence-electron chi connectivity index (χ2n) is 3.68. The summed E-state index contributed by atoms with van der Waals surface area (Å²) >= 11 is 1.81. The summed E-state index contributed by atoms with van der Waals surface area (Å²) < 4.78 is 0. The van der Waals surface area contributed by atoms with Gasteiger partial charge < -0.3 is 5.73 Å². The van der Waals surface area contributed by atoms with E-state index in [1.807, 2.05) is 23.9 Å². The van der Waals surface area contributed by atoms with Gasteiger partial charge >= 0.3 is 0 Å². The number of hydrogen-bond donors (Lipinski definition) is 1. The Hall–Kier alpha value is -1.15. The van der Waals surface area contributed by atoms with Gasteiger partial charge in [-0.2, -0.15) is 0 Å². The van der Waals surface area contributed by atoms with Gasteiger partial charge in [-0.1, -0.05) is 43.4 Å². The Bertz CT molecular complexity index is 407. The summed E-state index contributed by atoms with van der Waals surface area (Å²) in [6, 6.07) is 6.17. The molecule has 1 nitrogen and oxygen atoms in total. The molecule has 1 aliphatic heterocycles. The minimum atomic E-state index is 0.429. The molecule has 2 heteroatoms. The van der Waals surface area contributed by atoms with Crippen LogP contribution in [0.3, 0.4) is 0 Å². The summed E-state index contributed by atoms with van der Waals surface area (Å²) in [6.07, 6.45) is 8.59. The van der Waals surface area contributed by atoms with Crippen LogP contribution in [0.4, 0.5) is 5.69 Å². The van der Waals surface area contributed by atoms with Gasteiger partial charge in [-0.15, -0.1) is 11.8 Å². The smallest absolute Gasteiger partial charge is 0.0455 e. The van der Waals surface area contributed by atoms with E-state index in [1.165, 1.54) is 10.5 Å². The number of rotatable bonds is 0. The van der Waals surface area contributed by atoms with Crippen LogP contribution in [-0.2, 0) is 0 Å². The number of benzene rings is 1. The van der Waals surface area contributed by atoms with Crippen LogP contribution in [0, 0.1) is 0 Å². The van der Waals surface area contributed by atoms with Crippen molar-refractivity contribution in [2.24, 2.45) is 0 Å². The summed E-state index contributed by atoms with van der Waals surface area (Å²) in [5.41, 5.74) is 8.24. The van der Waals surface area contributed by atoms with E-state index in [2.05, 4.69) is 37.3 Å². The van der Waals surface area contributed by atoms with Crippen LogP contribution >= 0.6 is 11.8 Å². The molecule has 0 saturated heterocycles. The summed E-state index contributed by atoms with van der Waals surface area (Å²) in [6.45, 7) is 2.20. The van der Waals surface area contributed by atoms with Crippen molar-refractivity contribution in [2.45, 2.75) is 17.7 Å². The highest BCUT2D eigenvalue weighted by Crippen LogP contribution is 2.34. The Labute approximate surface area is 95.1 Å². The van der Waals surface area contributed by atoms with Crippen molar-refractivity contribution in [1.82, 2.24) is 0 Å². The van der Waals surface area contributed by atoms with E-state index in [1.54, 1.807) is 0 Å². The normalized spacial score (nSPS) is 24.5. The predicted molar refractivity (Wildman–Crippen MR) is 68.3 cm³/mol. The molecule has 1 unspecified atom stereocenters. The standard InChI is InChI=1S/C13H15NS/c1-10-6-3-2-4-9-15-13-11(10)7-5-8-12(13)14/h2-8,10H,9,14H2,1H3/b4-2-,6-3-. The summed E-state index contributed by atoms with van der Waals surface area (Å²) in [7, 11) is 0. The van der Waals surface area contributed by atoms with E-state index in [0.717, 1.165) is 11.4 Å². The van der Waals surface area contributed by atoms with Gasteiger partial charge in [0.2, 0.25) is 0 Å². The van der Waals surface area contributed by atoms with E-state index in [4.69, 9.17) is 5.73 Å². The molecule has 0 aromatic heterocycles. The van der Waals surface area contributed by atoms with Crippen LogP contribution in [0.25, 0.3) is 0 Å². The zero-order valence-electron chi connectivity index (χ0n) is 8.81. The van der Waals surface area contributed by atoms with Crippen molar-refractivity contribution in [3.63, 3.8) is 0 Å².